The average molecular weight is 284 g/mol. The van der Waals surface area contributed by atoms with Gasteiger partial charge in [0, 0.05) is 24.9 Å². The molecule has 21 heavy (non-hydrogen) atoms. The molecule has 0 aliphatic carbocycles. The van der Waals surface area contributed by atoms with Crippen molar-refractivity contribution in [3.63, 3.8) is 0 Å². The maximum Gasteiger partial charge on any atom is 0.315 e. The minimum absolute atomic E-state index is 0.0310. The number of benzene rings is 1. The van der Waals surface area contributed by atoms with Crippen molar-refractivity contribution < 1.29 is 9.90 Å². The predicted octanol–water partition coefficient (Wildman–Crippen LogP) is 2.22. The first-order chi connectivity index (χ1) is 10.0. The van der Waals surface area contributed by atoms with Crippen LogP contribution in [0.15, 0.2) is 42.6 Å². The van der Waals surface area contributed by atoms with E-state index >= 15 is 0 Å². The minimum Gasteiger partial charge on any atom is -0.481 e. The molecule has 2 aromatic rings. The number of aromatic nitrogens is 1. The second kappa shape index (κ2) is 6.06. The van der Waals surface area contributed by atoms with Gasteiger partial charge in [0.1, 0.15) is 5.41 Å². The summed E-state index contributed by atoms with van der Waals surface area (Å²) in [5, 5.41) is 9.85. The van der Waals surface area contributed by atoms with Gasteiger partial charge in [0.2, 0.25) is 0 Å². The molecule has 0 spiro atoms. The Morgan fingerprint density at radius 1 is 1.19 bits per heavy atom. The molecule has 2 rings (SSSR count). The van der Waals surface area contributed by atoms with Crippen LogP contribution in [-0.4, -0.2) is 22.6 Å². The largest absolute Gasteiger partial charge is 0.481 e. The van der Waals surface area contributed by atoms with Gasteiger partial charge < -0.3 is 10.8 Å². The highest BCUT2D eigenvalue weighted by molar-refractivity contribution is 5.82. The Morgan fingerprint density at radius 2 is 1.86 bits per heavy atom. The molecule has 1 atom stereocenters. The maximum atomic E-state index is 12.0. The summed E-state index contributed by atoms with van der Waals surface area (Å²) >= 11 is 0. The van der Waals surface area contributed by atoms with Crippen LogP contribution in [0.5, 0.6) is 0 Å². The highest BCUT2D eigenvalue weighted by atomic mass is 16.4. The highest BCUT2D eigenvalue weighted by Crippen LogP contribution is 2.31. The molecule has 0 radical (unpaired) electrons. The van der Waals surface area contributed by atoms with Crippen LogP contribution >= 0.6 is 0 Å². The van der Waals surface area contributed by atoms with Crippen LogP contribution in [0.4, 0.5) is 0 Å². The van der Waals surface area contributed by atoms with Gasteiger partial charge in [-0.05, 0) is 36.6 Å². The van der Waals surface area contributed by atoms with Crippen molar-refractivity contribution in [1.82, 2.24) is 4.98 Å². The Hall–Kier alpha value is -2.20. The summed E-state index contributed by atoms with van der Waals surface area (Å²) in [5.74, 6) is -0.913. The molecule has 110 valence electrons. The lowest BCUT2D eigenvalue weighted by Crippen LogP contribution is -2.45. The Morgan fingerprint density at radius 3 is 2.43 bits per heavy atom. The lowest BCUT2D eigenvalue weighted by atomic mass is 9.74. The fourth-order valence-corrected chi connectivity index (χ4v) is 2.65. The van der Waals surface area contributed by atoms with Crippen molar-refractivity contribution in [2.75, 3.05) is 6.54 Å². The van der Waals surface area contributed by atoms with Crippen LogP contribution in [0.1, 0.15) is 22.4 Å². The van der Waals surface area contributed by atoms with Gasteiger partial charge in [-0.15, -0.1) is 0 Å². The second-order valence-corrected chi connectivity index (χ2v) is 5.35. The monoisotopic (exact) mass is 284 g/mol. The SMILES string of the molecule is Cc1ccccc1C(CN)(Cc1ncccc1C)C(=O)O. The molecule has 1 aromatic heterocycles. The van der Waals surface area contributed by atoms with Crippen LogP contribution in [0.2, 0.25) is 0 Å². The number of nitrogens with zero attached hydrogens (tertiary/aromatic N) is 1. The molecular weight excluding hydrogens is 264 g/mol. The maximum absolute atomic E-state index is 12.0. The third-order valence-electron chi connectivity index (χ3n) is 4.01. The molecule has 3 N–H and O–H groups in total. The molecule has 0 saturated carbocycles. The first kappa shape index (κ1) is 15.2. The van der Waals surface area contributed by atoms with E-state index < -0.39 is 11.4 Å². The standard InChI is InChI=1S/C17H20N2O2/c1-12-6-3-4-8-14(12)17(11-18,16(20)21)10-15-13(2)7-5-9-19-15/h3-9H,10-11,18H2,1-2H3,(H,20,21). The smallest absolute Gasteiger partial charge is 0.315 e. The van der Waals surface area contributed by atoms with Crippen LogP contribution in [0.3, 0.4) is 0 Å². The molecule has 0 saturated heterocycles. The molecule has 1 aromatic carbocycles. The topological polar surface area (TPSA) is 76.2 Å². The van der Waals surface area contributed by atoms with Crippen molar-refractivity contribution in [1.29, 1.82) is 0 Å². The number of aryl methyl sites for hydroxylation is 2. The van der Waals surface area contributed by atoms with Gasteiger partial charge >= 0.3 is 5.97 Å². The van der Waals surface area contributed by atoms with Gasteiger partial charge in [-0.3, -0.25) is 9.78 Å². The number of nitrogens with two attached hydrogens (primary N) is 1. The first-order valence-electron chi connectivity index (χ1n) is 6.91. The van der Waals surface area contributed by atoms with E-state index in [1.165, 1.54) is 0 Å². The average Bonchev–Trinajstić information content (AvgIpc) is 2.47. The van der Waals surface area contributed by atoms with Gasteiger partial charge in [0.25, 0.3) is 0 Å². The Balaban J connectivity index is 2.56. The molecular formula is C17H20N2O2. The van der Waals surface area contributed by atoms with Crippen LogP contribution in [0.25, 0.3) is 0 Å². The molecule has 0 fully saturated rings. The summed E-state index contributed by atoms with van der Waals surface area (Å²) in [7, 11) is 0. The van der Waals surface area contributed by atoms with E-state index in [0.29, 0.717) is 0 Å². The first-order valence-corrected chi connectivity index (χ1v) is 6.91. The van der Waals surface area contributed by atoms with E-state index in [-0.39, 0.29) is 13.0 Å². The molecule has 1 heterocycles. The number of pyridine rings is 1. The molecule has 4 heteroatoms. The number of hydrogen-bond donors (Lipinski definition) is 2. The Kier molecular flexibility index (Phi) is 4.38. The van der Waals surface area contributed by atoms with Crippen molar-refractivity contribution in [2.24, 2.45) is 5.73 Å². The summed E-state index contributed by atoms with van der Waals surface area (Å²) in [6, 6.07) is 11.3. The van der Waals surface area contributed by atoms with Gasteiger partial charge in [-0.2, -0.15) is 0 Å². The number of carboxylic acid groups (broad SMARTS) is 1. The summed E-state index contributed by atoms with van der Waals surface area (Å²) in [6.45, 7) is 3.88. The number of carbonyl (C=O) groups is 1. The second-order valence-electron chi connectivity index (χ2n) is 5.35. The predicted molar refractivity (Wildman–Crippen MR) is 82.2 cm³/mol. The van der Waals surface area contributed by atoms with Crippen LogP contribution in [0, 0.1) is 13.8 Å². The third kappa shape index (κ3) is 2.81. The van der Waals surface area contributed by atoms with Gasteiger partial charge in [0.15, 0.2) is 0 Å². The van der Waals surface area contributed by atoms with Crippen molar-refractivity contribution in [2.45, 2.75) is 25.7 Å². The fourth-order valence-electron chi connectivity index (χ4n) is 2.65. The Labute approximate surface area is 124 Å². The summed E-state index contributed by atoms with van der Waals surface area (Å²) in [4.78, 5) is 16.3. The van der Waals surface area contributed by atoms with Crippen molar-refractivity contribution in [3.05, 3.63) is 65.0 Å². The molecule has 1 unspecified atom stereocenters. The van der Waals surface area contributed by atoms with Crippen LogP contribution < -0.4 is 5.73 Å². The van der Waals surface area contributed by atoms with Crippen LogP contribution in [-0.2, 0) is 16.6 Å². The molecule has 0 aliphatic heterocycles. The fraction of sp³-hybridized carbons (Fsp3) is 0.294. The summed E-state index contributed by atoms with van der Waals surface area (Å²) in [5.41, 5.74) is 8.18. The number of aliphatic carboxylic acids is 1. The zero-order valence-corrected chi connectivity index (χ0v) is 12.3. The van der Waals surface area contributed by atoms with E-state index in [4.69, 9.17) is 5.73 Å². The highest BCUT2D eigenvalue weighted by Gasteiger charge is 2.41. The normalized spacial score (nSPS) is 13.7. The molecule has 0 aliphatic rings. The lowest BCUT2D eigenvalue weighted by Gasteiger charge is -2.30. The third-order valence-corrected chi connectivity index (χ3v) is 4.01. The molecule has 0 amide bonds. The summed E-state index contributed by atoms with van der Waals surface area (Å²) < 4.78 is 0. The van der Waals surface area contributed by atoms with Gasteiger partial charge in [0.05, 0.1) is 0 Å². The zero-order valence-electron chi connectivity index (χ0n) is 12.3. The quantitative estimate of drug-likeness (QED) is 0.882. The molecule has 0 bridgehead atoms. The van der Waals surface area contributed by atoms with E-state index in [1.807, 2.05) is 50.2 Å². The Bertz CT molecular complexity index is 655. The van der Waals surface area contributed by atoms with E-state index in [9.17, 15) is 9.90 Å². The molecule has 4 nitrogen and oxygen atoms in total. The summed E-state index contributed by atoms with van der Waals surface area (Å²) in [6.07, 6.45) is 1.97. The van der Waals surface area contributed by atoms with E-state index in [0.717, 1.165) is 22.4 Å². The van der Waals surface area contributed by atoms with Crippen molar-refractivity contribution in [3.8, 4) is 0 Å². The number of hydrogen-bond acceptors (Lipinski definition) is 3. The van der Waals surface area contributed by atoms with E-state index in [2.05, 4.69) is 4.98 Å². The minimum atomic E-state index is -1.15. The van der Waals surface area contributed by atoms with Gasteiger partial charge in [-0.25, -0.2) is 0 Å². The van der Waals surface area contributed by atoms with Gasteiger partial charge in [-0.1, -0.05) is 30.3 Å². The van der Waals surface area contributed by atoms with E-state index in [1.54, 1.807) is 6.20 Å². The number of rotatable bonds is 5. The lowest BCUT2D eigenvalue weighted by molar-refractivity contribution is -0.143. The zero-order chi connectivity index (χ0) is 15.5. The van der Waals surface area contributed by atoms with Crippen molar-refractivity contribution >= 4 is 5.97 Å². The number of carboxylic acids is 1.